The summed E-state index contributed by atoms with van der Waals surface area (Å²) in [5.41, 5.74) is 4.43. The SMILES string of the molecule is CC.CCCN(CCC)c1cc(/C=N/Nc2ccc(O)cc2)nc(OCCN2CCCCC2)n1. The normalized spacial score (nSPS) is 13.9. The summed E-state index contributed by atoms with van der Waals surface area (Å²) in [5, 5.41) is 13.7. The first-order valence-electron chi connectivity index (χ1n) is 12.7. The zero-order valence-electron chi connectivity index (χ0n) is 21.3. The van der Waals surface area contributed by atoms with Gasteiger partial charge in [0.2, 0.25) is 0 Å². The average molecular weight is 471 g/mol. The maximum Gasteiger partial charge on any atom is 0.319 e. The highest BCUT2D eigenvalue weighted by Gasteiger charge is 2.13. The number of nitrogens with one attached hydrogen (secondary N) is 1. The van der Waals surface area contributed by atoms with E-state index in [1.165, 1.54) is 19.3 Å². The largest absolute Gasteiger partial charge is 0.508 e. The molecule has 34 heavy (non-hydrogen) atoms. The van der Waals surface area contributed by atoms with Gasteiger partial charge in [-0.2, -0.15) is 15.1 Å². The summed E-state index contributed by atoms with van der Waals surface area (Å²) < 4.78 is 5.97. The van der Waals surface area contributed by atoms with Crippen LogP contribution >= 0.6 is 0 Å². The molecule has 1 aliphatic rings. The molecule has 1 saturated heterocycles. The van der Waals surface area contributed by atoms with Crippen molar-refractivity contribution in [1.82, 2.24) is 14.9 Å². The van der Waals surface area contributed by atoms with Gasteiger partial charge in [-0.3, -0.25) is 10.3 Å². The van der Waals surface area contributed by atoms with Crippen molar-refractivity contribution in [2.24, 2.45) is 5.10 Å². The highest BCUT2D eigenvalue weighted by Crippen LogP contribution is 2.18. The van der Waals surface area contributed by atoms with Gasteiger partial charge in [0.25, 0.3) is 0 Å². The first-order valence-corrected chi connectivity index (χ1v) is 12.7. The lowest BCUT2D eigenvalue weighted by molar-refractivity contribution is 0.177. The summed E-state index contributed by atoms with van der Waals surface area (Å²) in [4.78, 5) is 14.0. The van der Waals surface area contributed by atoms with Crippen LogP contribution in [0.4, 0.5) is 11.5 Å². The third-order valence-corrected chi connectivity index (χ3v) is 5.37. The van der Waals surface area contributed by atoms with Crippen LogP contribution in [0.3, 0.4) is 0 Å². The van der Waals surface area contributed by atoms with Gasteiger partial charge in [-0.25, -0.2) is 0 Å². The van der Waals surface area contributed by atoms with Crippen LogP contribution in [-0.2, 0) is 0 Å². The second-order valence-corrected chi connectivity index (χ2v) is 8.09. The van der Waals surface area contributed by atoms with Gasteiger partial charge >= 0.3 is 6.01 Å². The molecule has 3 rings (SSSR count). The molecule has 1 fully saturated rings. The number of hydrazone groups is 1. The Morgan fingerprint density at radius 2 is 1.74 bits per heavy atom. The first-order chi connectivity index (χ1) is 16.7. The number of aromatic hydroxyl groups is 1. The van der Waals surface area contributed by atoms with Crippen LogP contribution in [0.2, 0.25) is 0 Å². The topological polar surface area (TPSA) is 86.1 Å². The molecule has 188 valence electrons. The Morgan fingerprint density at radius 1 is 1.06 bits per heavy atom. The van der Waals surface area contributed by atoms with Gasteiger partial charge in [-0.1, -0.05) is 34.1 Å². The molecular weight excluding hydrogens is 428 g/mol. The van der Waals surface area contributed by atoms with E-state index in [9.17, 15) is 5.11 Å². The van der Waals surface area contributed by atoms with Crippen molar-refractivity contribution in [3.8, 4) is 11.8 Å². The predicted molar refractivity (Wildman–Crippen MR) is 141 cm³/mol. The van der Waals surface area contributed by atoms with E-state index >= 15 is 0 Å². The lowest BCUT2D eigenvalue weighted by Gasteiger charge is -2.26. The molecule has 0 aliphatic carbocycles. The molecule has 0 unspecified atom stereocenters. The zero-order valence-corrected chi connectivity index (χ0v) is 21.3. The number of benzene rings is 1. The maximum absolute atomic E-state index is 9.41. The van der Waals surface area contributed by atoms with Gasteiger partial charge in [0, 0.05) is 25.7 Å². The number of ether oxygens (including phenoxy) is 1. The minimum absolute atomic E-state index is 0.221. The first kappa shape index (κ1) is 27.4. The van der Waals surface area contributed by atoms with Crippen LogP contribution in [-0.4, -0.2) is 65.5 Å². The van der Waals surface area contributed by atoms with Crippen LogP contribution in [0.15, 0.2) is 35.4 Å². The minimum atomic E-state index is 0.221. The van der Waals surface area contributed by atoms with E-state index in [0.29, 0.717) is 18.3 Å². The van der Waals surface area contributed by atoms with Crippen LogP contribution in [0.5, 0.6) is 11.8 Å². The highest BCUT2D eigenvalue weighted by atomic mass is 16.5. The van der Waals surface area contributed by atoms with Gasteiger partial charge in [0.1, 0.15) is 18.2 Å². The quantitative estimate of drug-likeness (QED) is 0.252. The summed E-state index contributed by atoms with van der Waals surface area (Å²) in [7, 11) is 0. The molecule has 1 aromatic carbocycles. The van der Waals surface area contributed by atoms with E-state index in [2.05, 4.69) is 39.2 Å². The molecule has 0 atom stereocenters. The Hall–Kier alpha value is -2.87. The molecule has 8 nitrogen and oxygen atoms in total. The number of phenols is 1. The molecule has 0 saturated carbocycles. The van der Waals surface area contributed by atoms with Crippen molar-refractivity contribution in [1.29, 1.82) is 0 Å². The number of anilines is 2. The van der Waals surface area contributed by atoms with Gasteiger partial charge in [-0.05, 0) is 63.0 Å². The van der Waals surface area contributed by atoms with Crippen LogP contribution in [0.25, 0.3) is 0 Å². The number of likely N-dealkylation sites (tertiary alicyclic amines) is 1. The monoisotopic (exact) mass is 470 g/mol. The summed E-state index contributed by atoms with van der Waals surface area (Å²) >= 11 is 0. The summed E-state index contributed by atoms with van der Waals surface area (Å²) in [5.74, 6) is 1.08. The number of rotatable bonds is 12. The van der Waals surface area contributed by atoms with Crippen molar-refractivity contribution in [2.75, 3.05) is 49.7 Å². The Morgan fingerprint density at radius 3 is 2.38 bits per heavy atom. The third kappa shape index (κ3) is 9.55. The number of phenolic OH excluding ortho intramolecular Hbond substituents is 1. The van der Waals surface area contributed by atoms with Gasteiger partial charge < -0.3 is 14.7 Å². The fourth-order valence-corrected chi connectivity index (χ4v) is 3.76. The van der Waals surface area contributed by atoms with Crippen molar-refractivity contribution < 1.29 is 9.84 Å². The smallest absolute Gasteiger partial charge is 0.319 e. The van der Waals surface area contributed by atoms with Crippen molar-refractivity contribution >= 4 is 17.7 Å². The van der Waals surface area contributed by atoms with E-state index < -0.39 is 0 Å². The lowest BCUT2D eigenvalue weighted by atomic mass is 10.1. The van der Waals surface area contributed by atoms with Crippen LogP contribution in [0, 0.1) is 0 Å². The molecule has 2 aromatic rings. The Labute approximate surface area is 205 Å². The Balaban J connectivity index is 0.00000199. The average Bonchev–Trinajstić information content (AvgIpc) is 2.87. The molecule has 0 spiro atoms. The van der Waals surface area contributed by atoms with Gasteiger partial charge in [0.15, 0.2) is 0 Å². The molecule has 2 heterocycles. The molecule has 0 bridgehead atoms. The van der Waals surface area contributed by atoms with E-state index in [-0.39, 0.29) is 5.75 Å². The molecule has 0 radical (unpaired) electrons. The van der Waals surface area contributed by atoms with Crippen LogP contribution < -0.4 is 15.1 Å². The van der Waals surface area contributed by atoms with Crippen molar-refractivity contribution in [3.05, 3.63) is 36.0 Å². The molecule has 2 N–H and O–H groups in total. The van der Waals surface area contributed by atoms with Crippen LogP contribution in [0.1, 0.15) is 65.5 Å². The molecule has 1 aromatic heterocycles. The van der Waals surface area contributed by atoms with Gasteiger partial charge in [-0.15, -0.1) is 0 Å². The number of hydrogen-bond acceptors (Lipinski definition) is 8. The maximum atomic E-state index is 9.41. The van der Waals surface area contributed by atoms with Crippen molar-refractivity contribution in [3.63, 3.8) is 0 Å². The second kappa shape index (κ2) is 15.9. The predicted octanol–water partition coefficient (Wildman–Crippen LogP) is 5.15. The zero-order chi connectivity index (χ0) is 24.6. The van der Waals surface area contributed by atoms with Crippen molar-refractivity contribution in [2.45, 2.75) is 59.8 Å². The summed E-state index contributed by atoms with van der Waals surface area (Å²) in [6, 6.07) is 9.09. The van der Waals surface area contributed by atoms with E-state index in [1.807, 2.05) is 19.9 Å². The standard InChI is InChI=1S/C24H36N6O2.C2H6/c1-3-12-30(13-4-2)23-18-21(19-25-28-20-8-10-22(31)11-9-20)26-24(27-23)32-17-16-29-14-6-5-7-15-29;1-2/h8-11,18-19,28,31H,3-7,12-17H2,1-2H3;1-2H3/b25-19+;. The highest BCUT2D eigenvalue weighted by molar-refractivity contribution is 5.79. The molecule has 8 heteroatoms. The minimum Gasteiger partial charge on any atom is -0.508 e. The number of hydrogen-bond donors (Lipinski definition) is 2. The number of aromatic nitrogens is 2. The van der Waals surface area contributed by atoms with Gasteiger partial charge in [0.05, 0.1) is 17.6 Å². The molecule has 1 aliphatic heterocycles. The third-order valence-electron chi connectivity index (χ3n) is 5.37. The second-order valence-electron chi connectivity index (χ2n) is 8.09. The van der Waals surface area contributed by atoms with E-state index in [1.54, 1.807) is 30.5 Å². The fourth-order valence-electron chi connectivity index (χ4n) is 3.76. The van der Waals surface area contributed by atoms with E-state index in [0.717, 1.165) is 57.1 Å². The Bertz CT molecular complexity index is 832. The van der Waals surface area contributed by atoms with E-state index in [4.69, 9.17) is 9.72 Å². The lowest BCUT2D eigenvalue weighted by Crippen LogP contribution is -2.33. The molecular formula is C26H42N6O2. The summed E-state index contributed by atoms with van der Waals surface area (Å²) in [6.07, 6.45) is 7.62. The molecule has 0 amide bonds. The summed E-state index contributed by atoms with van der Waals surface area (Å²) in [6.45, 7) is 14.0. The Kier molecular flexibility index (Phi) is 12.8. The number of piperidine rings is 1. The number of nitrogens with zero attached hydrogens (tertiary/aromatic N) is 5. The fraction of sp³-hybridized carbons (Fsp3) is 0.577.